The largest absolute Gasteiger partial charge is 0.497 e. The summed E-state index contributed by atoms with van der Waals surface area (Å²) in [5.74, 6) is 0.941. The molecule has 0 aliphatic carbocycles. The molecule has 2 aromatic rings. The summed E-state index contributed by atoms with van der Waals surface area (Å²) >= 11 is 0. The summed E-state index contributed by atoms with van der Waals surface area (Å²) in [5.41, 5.74) is 2.05. The molecule has 1 saturated heterocycles. The highest BCUT2D eigenvalue weighted by atomic mass is 16.5. The molecular weight excluding hydrogens is 370 g/mol. The van der Waals surface area contributed by atoms with Crippen molar-refractivity contribution in [1.82, 2.24) is 4.90 Å². The normalized spacial score (nSPS) is 14.5. The average molecular weight is 397 g/mol. The third-order valence-electron chi connectivity index (χ3n) is 5.55. The monoisotopic (exact) mass is 397 g/mol. The molecule has 0 atom stereocenters. The van der Waals surface area contributed by atoms with Crippen molar-refractivity contribution in [2.24, 2.45) is 5.92 Å². The molecule has 154 valence electrons. The van der Waals surface area contributed by atoms with E-state index in [1.54, 1.807) is 26.4 Å². The molecule has 1 amide bonds. The maximum atomic E-state index is 12.8. The van der Waals surface area contributed by atoms with Crippen LogP contribution in [0.5, 0.6) is 11.5 Å². The lowest BCUT2D eigenvalue weighted by atomic mass is 9.88. The molecule has 0 bridgehead atoms. The number of hydrogen-bond donors (Lipinski definition) is 1. The number of amides is 1. The molecule has 2 aromatic carbocycles. The molecule has 6 heteroatoms. The summed E-state index contributed by atoms with van der Waals surface area (Å²) in [4.78, 5) is 26.1. The fourth-order valence-electron chi connectivity index (χ4n) is 3.90. The van der Waals surface area contributed by atoms with E-state index in [2.05, 4.69) is 0 Å². The summed E-state index contributed by atoms with van der Waals surface area (Å²) in [7, 11) is 3.19. The Labute approximate surface area is 171 Å². The Morgan fingerprint density at radius 1 is 1.03 bits per heavy atom. The van der Waals surface area contributed by atoms with E-state index >= 15 is 0 Å². The zero-order valence-corrected chi connectivity index (χ0v) is 16.9. The van der Waals surface area contributed by atoms with Gasteiger partial charge in [-0.15, -0.1) is 0 Å². The summed E-state index contributed by atoms with van der Waals surface area (Å²) in [5, 5.41) is 9.36. The van der Waals surface area contributed by atoms with Crippen molar-refractivity contribution < 1.29 is 24.2 Å². The van der Waals surface area contributed by atoms with E-state index in [0.717, 1.165) is 30.4 Å². The van der Waals surface area contributed by atoms with Crippen molar-refractivity contribution in [3.05, 3.63) is 59.2 Å². The number of piperidine rings is 1. The Morgan fingerprint density at radius 2 is 1.76 bits per heavy atom. The van der Waals surface area contributed by atoms with Crippen LogP contribution in [-0.4, -0.2) is 49.2 Å². The summed E-state index contributed by atoms with van der Waals surface area (Å²) in [6.07, 6.45) is 2.74. The van der Waals surface area contributed by atoms with Gasteiger partial charge < -0.3 is 19.5 Å². The van der Waals surface area contributed by atoms with Crippen LogP contribution in [0.3, 0.4) is 0 Å². The van der Waals surface area contributed by atoms with E-state index in [1.165, 1.54) is 0 Å². The van der Waals surface area contributed by atoms with Gasteiger partial charge in [0.1, 0.15) is 11.5 Å². The van der Waals surface area contributed by atoms with Crippen LogP contribution in [0.4, 0.5) is 0 Å². The van der Waals surface area contributed by atoms with Crippen LogP contribution in [0.1, 0.15) is 34.3 Å². The number of methoxy groups -OCH3 is 2. The molecule has 0 saturated carbocycles. The Balaban J connectivity index is 1.58. The molecule has 1 aliphatic heterocycles. The molecule has 1 fully saturated rings. The minimum atomic E-state index is -0.888. The number of ether oxygens (including phenoxy) is 2. The predicted molar refractivity (Wildman–Crippen MR) is 110 cm³/mol. The van der Waals surface area contributed by atoms with E-state index in [1.807, 2.05) is 35.2 Å². The second kappa shape index (κ2) is 9.45. The molecule has 1 N–H and O–H groups in total. The lowest BCUT2D eigenvalue weighted by molar-refractivity contribution is -0.131. The number of rotatable bonds is 7. The maximum Gasteiger partial charge on any atom is 0.335 e. The first-order valence-corrected chi connectivity index (χ1v) is 9.81. The van der Waals surface area contributed by atoms with E-state index in [-0.39, 0.29) is 12.3 Å². The molecule has 6 nitrogen and oxygen atoms in total. The minimum Gasteiger partial charge on any atom is -0.497 e. The lowest BCUT2D eigenvalue weighted by Crippen LogP contribution is -2.39. The van der Waals surface area contributed by atoms with Gasteiger partial charge in [0.15, 0.2) is 0 Å². The minimum absolute atomic E-state index is 0.0703. The average Bonchev–Trinajstić information content (AvgIpc) is 2.74. The number of nitrogens with zero attached hydrogens (tertiary/aromatic N) is 1. The maximum absolute atomic E-state index is 12.8. The first kappa shape index (κ1) is 20.7. The van der Waals surface area contributed by atoms with Gasteiger partial charge in [0, 0.05) is 18.7 Å². The van der Waals surface area contributed by atoms with Crippen LogP contribution in [0.2, 0.25) is 0 Å². The molecule has 1 heterocycles. The number of likely N-dealkylation sites (tertiary alicyclic amines) is 1. The number of carboxylic acids is 1. The highest BCUT2D eigenvalue weighted by molar-refractivity contribution is 5.89. The standard InChI is InChI=1S/C23H27NO5/c1-28-19-7-8-21(29-2)18(14-19)15-22(25)24-11-9-16(10-12-24)13-17-5-3-4-6-20(17)23(26)27/h3-8,14,16H,9-13,15H2,1-2H3,(H,26,27). The number of carbonyl (C=O) groups is 2. The Hall–Kier alpha value is -3.02. The van der Waals surface area contributed by atoms with Gasteiger partial charge >= 0.3 is 5.97 Å². The fraction of sp³-hybridized carbons (Fsp3) is 0.391. The Kier molecular flexibility index (Phi) is 6.75. The molecular formula is C23H27NO5. The number of hydrogen-bond acceptors (Lipinski definition) is 4. The van der Waals surface area contributed by atoms with Crippen molar-refractivity contribution in [1.29, 1.82) is 0 Å². The van der Waals surface area contributed by atoms with E-state index in [9.17, 15) is 14.7 Å². The zero-order valence-electron chi connectivity index (χ0n) is 16.9. The molecule has 0 unspecified atom stereocenters. The Morgan fingerprint density at radius 3 is 2.41 bits per heavy atom. The Bertz CT molecular complexity index is 871. The summed E-state index contributed by atoms with van der Waals surface area (Å²) in [6.45, 7) is 1.37. The first-order valence-electron chi connectivity index (χ1n) is 9.81. The number of carbonyl (C=O) groups excluding carboxylic acids is 1. The van der Waals surface area contributed by atoms with Gasteiger partial charge in [-0.2, -0.15) is 0 Å². The van der Waals surface area contributed by atoms with Crippen LogP contribution >= 0.6 is 0 Å². The van der Waals surface area contributed by atoms with Crippen LogP contribution in [0, 0.1) is 5.92 Å². The van der Waals surface area contributed by atoms with Crippen LogP contribution < -0.4 is 9.47 Å². The first-order chi connectivity index (χ1) is 14.0. The van der Waals surface area contributed by atoms with E-state index in [0.29, 0.717) is 36.1 Å². The number of benzene rings is 2. The highest BCUT2D eigenvalue weighted by Crippen LogP contribution is 2.27. The van der Waals surface area contributed by atoms with Gasteiger partial charge in [0.2, 0.25) is 5.91 Å². The van der Waals surface area contributed by atoms with Gasteiger partial charge in [0.25, 0.3) is 0 Å². The van der Waals surface area contributed by atoms with E-state index < -0.39 is 5.97 Å². The van der Waals surface area contributed by atoms with Gasteiger partial charge in [-0.1, -0.05) is 18.2 Å². The SMILES string of the molecule is COc1ccc(OC)c(CC(=O)N2CCC(Cc3ccccc3C(=O)O)CC2)c1. The summed E-state index contributed by atoms with van der Waals surface area (Å²) in [6, 6.07) is 12.6. The number of carboxylic acid groups (broad SMARTS) is 1. The van der Waals surface area contributed by atoms with Crippen LogP contribution in [0.15, 0.2) is 42.5 Å². The molecule has 0 radical (unpaired) electrons. The third-order valence-corrected chi connectivity index (χ3v) is 5.55. The van der Waals surface area contributed by atoms with Crippen LogP contribution in [0.25, 0.3) is 0 Å². The number of aromatic carboxylic acids is 1. The van der Waals surface area contributed by atoms with E-state index in [4.69, 9.17) is 9.47 Å². The highest BCUT2D eigenvalue weighted by Gasteiger charge is 2.25. The fourth-order valence-corrected chi connectivity index (χ4v) is 3.90. The smallest absolute Gasteiger partial charge is 0.335 e. The lowest BCUT2D eigenvalue weighted by Gasteiger charge is -2.32. The summed E-state index contributed by atoms with van der Waals surface area (Å²) < 4.78 is 10.6. The van der Waals surface area contributed by atoms with Crippen molar-refractivity contribution in [3.8, 4) is 11.5 Å². The van der Waals surface area contributed by atoms with Crippen molar-refractivity contribution >= 4 is 11.9 Å². The van der Waals surface area contributed by atoms with Crippen molar-refractivity contribution in [2.45, 2.75) is 25.7 Å². The molecule has 29 heavy (non-hydrogen) atoms. The molecule has 3 rings (SSSR count). The third kappa shape index (κ3) is 5.08. The van der Waals surface area contributed by atoms with Crippen LogP contribution in [-0.2, 0) is 17.6 Å². The van der Waals surface area contributed by atoms with Gasteiger partial charge in [-0.05, 0) is 55.0 Å². The van der Waals surface area contributed by atoms with Crippen molar-refractivity contribution in [2.75, 3.05) is 27.3 Å². The predicted octanol–water partition coefficient (Wildman–Crippen LogP) is 3.43. The van der Waals surface area contributed by atoms with Gasteiger partial charge in [-0.3, -0.25) is 4.79 Å². The molecule has 0 aromatic heterocycles. The molecule has 1 aliphatic rings. The van der Waals surface area contributed by atoms with Crippen molar-refractivity contribution in [3.63, 3.8) is 0 Å². The second-order valence-electron chi connectivity index (χ2n) is 7.35. The topological polar surface area (TPSA) is 76.1 Å². The second-order valence-corrected chi connectivity index (χ2v) is 7.35. The zero-order chi connectivity index (χ0) is 20.8. The van der Waals surface area contributed by atoms with Gasteiger partial charge in [0.05, 0.1) is 26.2 Å². The quantitative estimate of drug-likeness (QED) is 0.775. The van der Waals surface area contributed by atoms with Gasteiger partial charge in [-0.25, -0.2) is 4.79 Å². The molecule has 0 spiro atoms.